The van der Waals surface area contributed by atoms with Crippen molar-refractivity contribution in [2.75, 3.05) is 5.75 Å². The first-order valence-corrected chi connectivity index (χ1v) is 6.08. The van der Waals surface area contributed by atoms with Crippen LogP contribution in [-0.2, 0) is 16.5 Å². The molecule has 0 bridgehead atoms. The van der Waals surface area contributed by atoms with Crippen molar-refractivity contribution in [3.05, 3.63) is 34.3 Å². The molecule has 0 radical (unpaired) electrons. The van der Waals surface area contributed by atoms with Crippen molar-refractivity contribution >= 4 is 55.6 Å². The monoisotopic (exact) mass is 288 g/mol. The van der Waals surface area contributed by atoms with Gasteiger partial charge in [-0.05, 0) is 18.1 Å². The van der Waals surface area contributed by atoms with Gasteiger partial charge >= 0.3 is 29.6 Å². The number of benzene rings is 1. The van der Waals surface area contributed by atoms with E-state index in [0.717, 1.165) is 10.0 Å². The normalized spacial score (nSPS) is 10.7. The van der Waals surface area contributed by atoms with Gasteiger partial charge in [-0.2, -0.15) is 8.42 Å². The third kappa shape index (κ3) is 5.48. The van der Waals surface area contributed by atoms with Crippen LogP contribution < -0.4 is 0 Å². The predicted octanol–water partition coefficient (Wildman–Crippen LogP) is 1.23. The van der Waals surface area contributed by atoms with Crippen molar-refractivity contribution < 1.29 is 13.0 Å². The fraction of sp³-hybridized carbons (Fsp3) is 0.250. The molecule has 1 N–H and O–H groups in total. The van der Waals surface area contributed by atoms with E-state index < -0.39 is 10.1 Å². The van der Waals surface area contributed by atoms with Gasteiger partial charge in [-0.15, -0.1) is 0 Å². The molecule has 14 heavy (non-hydrogen) atoms. The second kappa shape index (κ2) is 6.25. The summed E-state index contributed by atoms with van der Waals surface area (Å²) in [6, 6.07) is 7.32. The molecule has 0 aromatic heterocycles. The Bertz CT molecular complexity index is 391. The Hall–Kier alpha value is 0.610. The number of hydrogen-bond donors (Lipinski definition) is 1. The molecule has 74 valence electrons. The summed E-state index contributed by atoms with van der Waals surface area (Å²) in [6.45, 7) is 0. The zero-order valence-corrected chi connectivity index (χ0v) is 9.18. The summed E-state index contributed by atoms with van der Waals surface area (Å²) in [7, 11) is -3.86. The Kier molecular flexibility index (Phi) is 6.52. The standard InChI is InChI=1S/C8H9BrO3S.Na.H/c9-8-4-2-1-3-7(8)5-6-13(10,11)12;;/h1-4H,5-6H2,(H,10,11,12);;. The minimum absolute atomic E-state index is 0. The van der Waals surface area contributed by atoms with Crippen LogP contribution in [0.1, 0.15) is 5.56 Å². The van der Waals surface area contributed by atoms with Gasteiger partial charge in [0.05, 0.1) is 5.75 Å². The number of aryl methyl sites for hydroxylation is 1. The molecule has 0 aliphatic carbocycles. The molecule has 6 heteroatoms. The van der Waals surface area contributed by atoms with Gasteiger partial charge in [0.2, 0.25) is 0 Å². The van der Waals surface area contributed by atoms with Crippen LogP contribution in [0.15, 0.2) is 28.7 Å². The van der Waals surface area contributed by atoms with E-state index in [-0.39, 0.29) is 35.3 Å². The van der Waals surface area contributed by atoms with E-state index in [0.29, 0.717) is 6.42 Å². The summed E-state index contributed by atoms with van der Waals surface area (Å²) in [5.74, 6) is -0.240. The van der Waals surface area contributed by atoms with Gasteiger partial charge in [0.15, 0.2) is 0 Å². The van der Waals surface area contributed by atoms with Crippen LogP contribution in [0.5, 0.6) is 0 Å². The van der Waals surface area contributed by atoms with Crippen LogP contribution in [0.3, 0.4) is 0 Å². The molecule has 0 unspecified atom stereocenters. The van der Waals surface area contributed by atoms with Gasteiger partial charge in [0.25, 0.3) is 10.1 Å². The van der Waals surface area contributed by atoms with Crippen LogP contribution in [0.25, 0.3) is 0 Å². The minimum atomic E-state index is -3.86. The summed E-state index contributed by atoms with van der Waals surface area (Å²) in [6.07, 6.45) is 0.320. The van der Waals surface area contributed by atoms with Gasteiger partial charge in [0.1, 0.15) is 0 Å². The molecule has 1 aromatic rings. The summed E-state index contributed by atoms with van der Waals surface area (Å²) >= 11 is 3.29. The third-order valence-corrected chi connectivity index (χ3v) is 3.08. The van der Waals surface area contributed by atoms with Crippen molar-refractivity contribution in [3.8, 4) is 0 Å². The van der Waals surface area contributed by atoms with E-state index in [4.69, 9.17) is 4.55 Å². The second-order valence-corrected chi connectivity index (χ2v) is 5.05. The summed E-state index contributed by atoms with van der Waals surface area (Å²) in [5, 5.41) is 0. The summed E-state index contributed by atoms with van der Waals surface area (Å²) < 4.78 is 30.3. The Morgan fingerprint density at radius 2 is 1.86 bits per heavy atom. The fourth-order valence-corrected chi connectivity index (χ4v) is 1.90. The van der Waals surface area contributed by atoms with Crippen LogP contribution in [0.4, 0.5) is 0 Å². The fourth-order valence-electron chi connectivity index (χ4n) is 0.940. The first-order chi connectivity index (χ1) is 5.99. The summed E-state index contributed by atoms with van der Waals surface area (Å²) in [5.41, 5.74) is 0.875. The Morgan fingerprint density at radius 3 is 2.36 bits per heavy atom. The molecule has 0 saturated heterocycles. The molecule has 0 saturated carbocycles. The predicted molar refractivity (Wildman–Crippen MR) is 61.4 cm³/mol. The molecule has 0 spiro atoms. The maximum atomic E-state index is 10.5. The van der Waals surface area contributed by atoms with E-state index >= 15 is 0 Å². The SMILES string of the molecule is O=S(=O)(O)CCc1ccccc1Br.[NaH]. The van der Waals surface area contributed by atoms with Gasteiger partial charge in [0, 0.05) is 4.47 Å². The van der Waals surface area contributed by atoms with E-state index in [1.807, 2.05) is 24.3 Å². The molecule has 3 nitrogen and oxygen atoms in total. The van der Waals surface area contributed by atoms with Crippen LogP contribution in [0.2, 0.25) is 0 Å². The van der Waals surface area contributed by atoms with Gasteiger partial charge in [-0.3, -0.25) is 4.55 Å². The first-order valence-electron chi connectivity index (χ1n) is 3.67. The Balaban J connectivity index is 0.00000169. The first kappa shape index (κ1) is 14.6. The Labute approximate surface area is 114 Å². The number of hydrogen-bond acceptors (Lipinski definition) is 2. The van der Waals surface area contributed by atoms with Gasteiger partial charge in [-0.1, -0.05) is 34.1 Å². The molecular weight excluding hydrogens is 279 g/mol. The van der Waals surface area contributed by atoms with Crippen LogP contribution in [0, 0.1) is 0 Å². The van der Waals surface area contributed by atoms with Crippen molar-refractivity contribution in [1.82, 2.24) is 0 Å². The average Bonchev–Trinajstić information content (AvgIpc) is 2.01. The van der Waals surface area contributed by atoms with Crippen molar-refractivity contribution in [3.63, 3.8) is 0 Å². The van der Waals surface area contributed by atoms with Crippen LogP contribution >= 0.6 is 15.9 Å². The Morgan fingerprint density at radius 1 is 1.29 bits per heavy atom. The van der Waals surface area contributed by atoms with E-state index in [2.05, 4.69) is 15.9 Å². The average molecular weight is 289 g/mol. The quantitative estimate of drug-likeness (QED) is 0.672. The van der Waals surface area contributed by atoms with Crippen molar-refractivity contribution in [1.29, 1.82) is 0 Å². The number of rotatable bonds is 3. The molecule has 1 rings (SSSR count). The molecular formula is C8H10BrNaO3S. The van der Waals surface area contributed by atoms with E-state index in [1.54, 1.807) is 0 Å². The number of halogens is 1. The molecule has 0 aliphatic heterocycles. The van der Waals surface area contributed by atoms with Gasteiger partial charge < -0.3 is 0 Å². The molecule has 0 aliphatic rings. The topological polar surface area (TPSA) is 54.4 Å². The molecule has 0 amide bonds. The molecule has 0 atom stereocenters. The molecule has 0 heterocycles. The zero-order chi connectivity index (χ0) is 9.90. The van der Waals surface area contributed by atoms with E-state index in [9.17, 15) is 8.42 Å². The van der Waals surface area contributed by atoms with Gasteiger partial charge in [-0.25, -0.2) is 0 Å². The van der Waals surface area contributed by atoms with E-state index in [1.165, 1.54) is 0 Å². The zero-order valence-electron chi connectivity index (χ0n) is 6.77. The van der Waals surface area contributed by atoms with Crippen molar-refractivity contribution in [2.24, 2.45) is 0 Å². The second-order valence-electron chi connectivity index (χ2n) is 2.63. The van der Waals surface area contributed by atoms with Crippen LogP contribution in [-0.4, -0.2) is 48.3 Å². The molecule has 0 fully saturated rings. The maximum absolute atomic E-state index is 10.5. The third-order valence-electron chi connectivity index (χ3n) is 1.59. The van der Waals surface area contributed by atoms with Crippen molar-refractivity contribution in [2.45, 2.75) is 6.42 Å². The summed E-state index contributed by atoms with van der Waals surface area (Å²) in [4.78, 5) is 0. The molecule has 1 aromatic carbocycles.